The molecule has 132 valence electrons. The molecule has 0 saturated heterocycles. The van der Waals surface area contributed by atoms with Crippen molar-refractivity contribution in [3.05, 3.63) is 41.0 Å². The summed E-state index contributed by atoms with van der Waals surface area (Å²) in [4.78, 5) is 17.4. The van der Waals surface area contributed by atoms with Crippen molar-refractivity contribution in [1.29, 1.82) is 0 Å². The minimum Gasteiger partial charge on any atom is -0.494 e. The van der Waals surface area contributed by atoms with Gasteiger partial charge in [0, 0.05) is 26.9 Å². The molecule has 25 heavy (non-hydrogen) atoms. The highest BCUT2D eigenvalue weighted by Crippen LogP contribution is 2.23. The van der Waals surface area contributed by atoms with E-state index in [0.29, 0.717) is 30.3 Å². The van der Waals surface area contributed by atoms with Crippen LogP contribution in [-0.4, -0.2) is 40.6 Å². The zero-order valence-corrected chi connectivity index (χ0v) is 15.2. The number of amides is 1. The standard InChI is InChI=1S/C17H20N4O3S/c1-4-24-12-5-6-13-15(11-12)25-17(21(13)9-10-23-3)19-16(22)14-7-8-18-20(14)2/h5-8,11H,4,9-10H2,1-3H3. The van der Waals surface area contributed by atoms with E-state index in [1.54, 1.807) is 26.4 Å². The fraction of sp³-hybridized carbons (Fsp3) is 0.353. The van der Waals surface area contributed by atoms with Crippen molar-refractivity contribution in [1.82, 2.24) is 14.3 Å². The van der Waals surface area contributed by atoms with E-state index >= 15 is 0 Å². The Morgan fingerprint density at radius 3 is 2.88 bits per heavy atom. The van der Waals surface area contributed by atoms with Crippen LogP contribution in [0.3, 0.4) is 0 Å². The summed E-state index contributed by atoms with van der Waals surface area (Å²) in [6.07, 6.45) is 1.58. The van der Waals surface area contributed by atoms with Gasteiger partial charge in [-0.1, -0.05) is 11.3 Å². The molecule has 1 aromatic carbocycles. The second-order valence-electron chi connectivity index (χ2n) is 5.35. The molecule has 0 aliphatic carbocycles. The molecule has 2 heterocycles. The Kier molecular flexibility index (Phi) is 5.30. The quantitative estimate of drug-likeness (QED) is 0.676. The first kappa shape index (κ1) is 17.4. The monoisotopic (exact) mass is 360 g/mol. The normalized spacial score (nSPS) is 12.0. The van der Waals surface area contributed by atoms with Gasteiger partial charge in [0.25, 0.3) is 5.91 Å². The maximum Gasteiger partial charge on any atom is 0.297 e. The van der Waals surface area contributed by atoms with Crippen molar-refractivity contribution < 1.29 is 14.3 Å². The topological polar surface area (TPSA) is 70.6 Å². The molecule has 7 nitrogen and oxygen atoms in total. The molecule has 0 aliphatic heterocycles. The fourth-order valence-electron chi connectivity index (χ4n) is 2.52. The van der Waals surface area contributed by atoms with Crippen LogP contribution in [0.25, 0.3) is 10.2 Å². The second kappa shape index (κ2) is 7.62. The molecule has 0 unspecified atom stereocenters. The molecule has 3 aromatic rings. The lowest BCUT2D eigenvalue weighted by molar-refractivity contribution is 0.0988. The van der Waals surface area contributed by atoms with Gasteiger partial charge in [0.15, 0.2) is 4.80 Å². The third kappa shape index (κ3) is 3.64. The van der Waals surface area contributed by atoms with Gasteiger partial charge in [-0.3, -0.25) is 9.48 Å². The number of methoxy groups -OCH3 is 1. The zero-order chi connectivity index (χ0) is 17.8. The Bertz CT molecular complexity index is 954. The minimum absolute atomic E-state index is 0.317. The number of thiazole rings is 1. The molecule has 0 N–H and O–H groups in total. The summed E-state index contributed by atoms with van der Waals surface area (Å²) in [5.41, 5.74) is 1.45. The average Bonchev–Trinajstić information content (AvgIpc) is 3.16. The number of aryl methyl sites for hydroxylation is 1. The van der Waals surface area contributed by atoms with Gasteiger partial charge in [0.1, 0.15) is 11.4 Å². The lowest BCUT2D eigenvalue weighted by Crippen LogP contribution is -2.20. The van der Waals surface area contributed by atoms with E-state index in [9.17, 15) is 4.79 Å². The third-order valence-corrected chi connectivity index (χ3v) is 4.76. The highest BCUT2D eigenvalue weighted by atomic mass is 32.1. The van der Waals surface area contributed by atoms with Crippen LogP contribution in [0.5, 0.6) is 5.75 Å². The first-order chi connectivity index (χ1) is 12.1. The van der Waals surface area contributed by atoms with Crippen LogP contribution in [-0.2, 0) is 18.3 Å². The molecule has 1 amide bonds. The SMILES string of the molecule is CCOc1ccc2c(c1)sc(=NC(=O)c1ccnn1C)n2CCOC. The van der Waals surface area contributed by atoms with Crippen molar-refractivity contribution in [2.45, 2.75) is 13.5 Å². The Hall–Kier alpha value is -2.45. The summed E-state index contributed by atoms with van der Waals surface area (Å²) in [7, 11) is 3.38. The molecule has 0 bridgehead atoms. The van der Waals surface area contributed by atoms with Crippen molar-refractivity contribution in [2.24, 2.45) is 12.0 Å². The first-order valence-electron chi connectivity index (χ1n) is 7.96. The molecule has 0 radical (unpaired) electrons. The highest BCUT2D eigenvalue weighted by molar-refractivity contribution is 7.16. The molecule has 2 aromatic heterocycles. The summed E-state index contributed by atoms with van der Waals surface area (Å²) in [6, 6.07) is 7.54. The van der Waals surface area contributed by atoms with E-state index in [1.165, 1.54) is 16.0 Å². The van der Waals surface area contributed by atoms with Crippen LogP contribution in [0.4, 0.5) is 0 Å². The average molecular weight is 360 g/mol. The van der Waals surface area contributed by atoms with E-state index in [0.717, 1.165) is 16.0 Å². The molecule has 3 rings (SSSR count). The number of benzene rings is 1. The van der Waals surface area contributed by atoms with E-state index in [2.05, 4.69) is 10.1 Å². The maximum absolute atomic E-state index is 12.5. The number of hydrogen-bond donors (Lipinski definition) is 0. The predicted molar refractivity (Wildman–Crippen MR) is 96.0 cm³/mol. The number of ether oxygens (including phenoxy) is 2. The van der Waals surface area contributed by atoms with Gasteiger partial charge in [-0.25, -0.2) is 0 Å². The van der Waals surface area contributed by atoms with Crippen LogP contribution in [0.2, 0.25) is 0 Å². The zero-order valence-electron chi connectivity index (χ0n) is 14.4. The fourth-order valence-corrected chi connectivity index (χ4v) is 3.60. The first-order valence-corrected chi connectivity index (χ1v) is 8.78. The number of carbonyl (C=O) groups excluding carboxylic acids is 1. The third-order valence-electron chi connectivity index (χ3n) is 3.72. The molecule has 8 heteroatoms. The Balaban J connectivity index is 2.10. The molecule has 0 saturated carbocycles. The second-order valence-corrected chi connectivity index (χ2v) is 6.36. The van der Waals surface area contributed by atoms with E-state index < -0.39 is 0 Å². The Labute approximate surface area is 149 Å². The summed E-state index contributed by atoms with van der Waals surface area (Å²) in [5, 5.41) is 4.02. The molecule has 0 fully saturated rings. The lowest BCUT2D eigenvalue weighted by atomic mass is 10.3. The van der Waals surface area contributed by atoms with Gasteiger partial charge in [0.05, 0.1) is 23.4 Å². The minimum atomic E-state index is -0.317. The van der Waals surface area contributed by atoms with Crippen LogP contribution >= 0.6 is 11.3 Å². The lowest BCUT2D eigenvalue weighted by Gasteiger charge is -2.05. The van der Waals surface area contributed by atoms with Crippen LogP contribution in [0, 0.1) is 0 Å². The maximum atomic E-state index is 12.5. The number of carbonyl (C=O) groups is 1. The number of hydrogen-bond acceptors (Lipinski definition) is 5. The van der Waals surface area contributed by atoms with Gasteiger partial charge in [0.2, 0.25) is 0 Å². The van der Waals surface area contributed by atoms with Crippen LogP contribution in [0.1, 0.15) is 17.4 Å². The molecule has 0 atom stereocenters. The van der Waals surface area contributed by atoms with E-state index in [4.69, 9.17) is 9.47 Å². The highest BCUT2D eigenvalue weighted by Gasteiger charge is 2.12. The number of rotatable bonds is 6. The van der Waals surface area contributed by atoms with Crippen LogP contribution in [0.15, 0.2) is 35.5 Å². The van der Waals surface area contributed by atoms with Crippen LogP contribution < -0.4 is 9.54 Å². The molecule has 0 spiro atoms. The van der Waals surface area contributed by atoms with Gasteiger partial charge in [-0.2, -0.15) is 10.1 Å². The van der Waals surface area contributed by atoms with Gasteiger partial charge in [-0.05, 0) is 31.2 Å². The predicted octanol–water partition coefficient (Wildman–Crippen LogP) is 2.22. The van der Waals surface area contributed by atoms with Crippen molar-refractivity contribution >= 4 is 27.5 Å². The van der Waals surface area contributed by atoms with Gasteiger partial charge >= 0.3 is 0 Å². The number of nitrogens with zero attached hydrogens (tertiary/aromatic N) is 4. The summed E-state index contributed by atoms with van der Waals surface area (Å²) in [5.74, 6) is 0.488. The van der Waals surface area contributed by atoms with Crippen molar-refractivity contribution in [3.63, 3.8) is 0 Å². The number of fused-ring (bicyclic) bond motifs is 1. The number of aromatic nitrogens is 3. The molecular weight excluding hydrogens is 340 g/mol. The Morgan fingerprint density at radius 2 is 2.20 bits per heavy atom. The van der Waals surface area contributed by atoms with E-state index in [1.807, 2.05) is 29.7 Å². The smallest absolute Gasteiger partial charge is 0.297 e. The summed E-state index contributed by atoms with van der Waals surface area (Å²) in [6.45, 7) is 3.70. The van der Waals surface area contributed by atoms with Gasteiger partial charge in [-0.15, -0.1) is 0 Å². The molecular formula is C17H20N4O3S. The molecule has 0 aliphatic rings. The van der Waals surface area contributed by atoms with E-state index in [-0.39, 0.29) is 5.91 Å². The van der Waals surface area contributed by atoms with Crippen molar-refractivity contribution in [3.8, 4) is 5.75 Å². The largest absolute Gasteiger partial charge is 0.494 e. The van der Waals surface area contributed by atoms with Gasteiger partial charge < -0.3 is 14.0 Å². The summed E-state index contributed by atoms with van der Waals surface area (Å²) < 4.78 is 15.3. The summed E-state index contributed by atoms with van der Waals surface area (Å²) >= 11 is 1.46. The van der Waals surface area contributed by atoms with Crippen molar-refractivity contribution in [2.75, 3.05) is 20.3 Å². The Morgan fingerprint density at radius 1 is 1.36 bits per heavy atom.